The van der Waals surface area contributed by atoms with Crippen molar-refractivity contribution in [3.05, 3.63) is 73.1 Å². The molecule has 0 radical (unpaired) electrons. The second-order valence-corrected chi connectivity index (χ2v) is 8.62. The number of ether oxygens (including phenoxy) is 1. The summed E-state index contributed by atoms with van der Waals surface area (Å²) >= 11 is 3.31. The van der Waals surface area contributed by atoms with Crippen LogP contribution in [-0.4, -0.2) is 24.0 Å². The lowest BCUT2D eigenvalue weighted by Crippen LogP contribution is -2.41. The van der Waals surface area contributed by atoms with Gasteiger partial charge in [0.15, 0.2) is 0 Å². The van der Waals surface area contributed by atoms with E-state index in [1.165, 1.54) is 0 Å². The Hall–Kier alpha value is -2.33. The quantitative estimate of drug-likeness (QED) is 0.820. The minimum Gasteiger partial charge on any atom is -0.440 e. The monoisotopic (exact) mass is 395 g/mol. The first-order valence-corrected chi connectivity index (χ1v) is 10.8. The van der Waals surface area contributed by atoms with Crippen molar-refractivity contribution in [2.24, 2.45) is 5.73 Å². The molecular formula is C21H21N3OS2. The summed E-state index contributed by atoms with van der Waals surface area (Å²) in [4.78, 5) is 2.41. The predicted molar refractivity (Wildman–Crippen MR) is 111 cm³/mol. The van der Waals surface area contributed by atoms with Gasteiger partial charge in [-0.05, 0) is 70.3 Å². The lowest BCUT2D eigenvalue weighted by atomic mass is 9.81. The van der Waals surface area contributed by atoms with Crippen LogP contribution in [0, 0.1) is 11.3 Å². The second kappa shape index (κ2) is 7.35. The molecule has 2 aliphatic rings. The Balaban J connectivity index is 1.87. The van der Waals surface area contributed by atoms with Crippen molar-refractivity contribution in [1.82, 2.24) is 4.90 Å². The van der Waals surface area contributed by atoms with E-state index < -0.39 is 0 Å². The molecule has 1 atom stereocenters. The topological polar surface area (TPSA) is 62.3 Å². The summed E-state index contributed by atoms with van der Waals surface area (Å²) in [5, 5.41) is 18.1. The maximum absolute atomic E-state index is 9.76. The normalized spacial score (nSPS) is 22.1. The van der Waals surface area contributed by atoms with E-state index in [9.17, 15) is 5.26 Å². The third-order valence-corrected chi connectivity index (χ3v) is 6.46. The van der Waals surface area contributed by atoms with Crippen molar-refractivity contribution in [1.29, 1.82) is 5.26 Å². The Morgan fingerprint density at radius 2 is 2.04 bits per heavy atom. The zero-order valence-corrected chi connectivity index (χ0v) is 16.9. The van der Waals surface area contributed by atoms with Crippen LogP contribution < -0.4 is 5.73 Å². The lowest BCUT2D eigenvalue weighted by molar-refractivity contribution is 0.208. The third kappa shape index (κ3) is 3.34. The Labute approximate surface area is 167 Å². The van der Waals surface area contributed by atoms with Crippen LogP contribution in [0.2, 0.25) is 0 Å². The van der Waals surface area contributed by atoms with E-state index in [0.29, 0.717) is 11.6 Å². The number of nitriles is 1. The largest absolute Gasteiger partial charge is 0.440 e. The summed E-state index contributed by atoms with van der Waals surface area (Å²) in [6, 6.07) is 6.86. The van der Waals surface area contributed by atoms with Crippen LogP contribution in [0.3, 0.4) is 0 Å². The molecule has 0 aliphatic carbocycles. The van der Waals surface area contributed by atoms with Gasteiger partial charge in [-0.25, -0.2) is 0 Å². The van der Waals surface area contributed by atoms with Crippen molar-refractivity contribution < 1.29 is 4.74 Å². The Bertz CT molecular complexity index is 960. The van der Waals surface area contributed by atoms with Gasteiger partial charge in [0.25, 0.3) is 0 Å². The molecule has 0 amide bonds. The van der Waals surface area contributed by atoms with E-state index in [1.54, 1.807) is 22.7 Å². The van der Waals surface area contributed by atoms with Crippen LogP contribution in [0.25, 0.3) is 6.08 Å². The molecule has 6 heteroatoms. The minimum absolute atomic E-state index is 0.141. The van der Waals surface area contributed by atoms with Crippen molar-refractivity contribution >= 4 is 28.7 Å². The van der Waals surface area contributed by atoms with E-state index in [-0.39, 0.29) is 11.8 Å². The van der Waals surface area contributed by atoms with Gasteiger partial charge in [-0.3, -0.25) is 4.90 Å². The van der Waals surface area contributed by atoms with E-state index in [1.807, 2.05) is 5.38 Å². The first-order chi connectivity index (χ1) is 13.1. The zero-order chi connectivity index (χ0) is 19.0. The van der Waals surface area contributed by atoms with Crippen LogP contribution in [0.1, 0.15) is 30.9 Å². The maximum Gasteiger partial charge on any atom is 0.205 e. The van der Waals surface area contributed by atoms with Gasteiger partial charge in [0.05, 0.1) is 5.92 Å². The van der Waals surface area contributed by atoms with Gasteiger partial charge >= 0.3 is 0 Å². The fourth-order valence-corrected chi connectivity index (χ4v) is 4.94. The second-order valence-electron chi connectivity index (χ2n) is 7.06. The number of hydrogen-bond acceptors (Lipinski definition) is 6. The predicted octanol–water partition coefficient (Wildman–Crippen LogP) is 4.68. The third-order valence-electron chi connectivity index (χ3n) is 5.06. The molecule has 0 saturated carbocycles. The molecule has 2 aromatic heterocycles. The standard InChI is InChI=1S/C21H21N3OS2/c1-13(2)24-9-16(7-14-3-5-26-11-14)20-18(10-24)19(15-4-6-27-12-15)17(8-22)21(23)25-20/h3-7,11-13,19H,9-10,23H2,1-2H3/b16-7-/t19-/m1/s1. The average Bonchev–Trinajstić information content (AvgIpc) is 3.34. The van der Waals surface area contributed by atoms with E-state index in [4.69, 9.17) is 10.5 Å². The average molecular weight is 396 g/mol. The van der Waals surface area contributed by atoms with Gasteiger partial charge in [-0.2, -0.15) is 27.9 Å². The highest BCUT2D eigenvalue weighted by Crippen LogP contribution is 2.44. The molecule has 2 aliphatic heterocycles. The molecule has 0 fully saturated rings. The Kier molecular flexibility index (Phi) is 4.92. The highest BCUT2D eigenvalue weighted by molar-refractivity contribution is 7.08. The number of allylic oxidation sites excluding steroid dienone is 1. The van der Waals surface area contributed by atoms with Crippen molar-refractivity contribution in [3.8, 4) is 6.07 Å². The molecular weight excluding hydrogens is 374 g/mol. The van der Waals surface area contributed by atoms with Crippen LogP contribution in [0.15, 0.2) is 62.0 Å². The van der Waals surface area contributed by atoms with Gasteiger partial charge < -0.3 is 10.5 Å². The van der Waals surface area contributed by atoms with Gasteiger partial charge in [0.2, 0.25) is 5.88 Å². The first kappa shape index (κ1) is 18.1. The number of thiophene rings is 2. The smallest absolute Gasteiger partial charge is 0.205 e. The highest BCUT2D eigenvalue weighted by atomic mass is 32.1. The van der Waals surface area contributed by atoms with Crippen LogP contribution in [-0.2, 0) is 4.74 Å². The Morgan fingerprint density at radius 3 is 2.67 bits per heavy atom. The summed E-state index contributed by atoms with van der Waals surface area (Å²) < 4.78 is 6.04. The van der Waals surface area contributed by atoms with E-state index in [0.717, 1.165) is 41.1 Å². The van der Waals surface area contributed by atoms with Gasteiger partial charge in [0.1, 0.15) is 17.4 Å². The van der Waals surface area contributed by atoms with Crippen LogP contribution in [0.5, 0.6) is 0 Å². The van der Waals surface area contributed by atoms with Crippen LogP contribution in [0.4, 0.5) is 0 Å². The first-order valence-electron chi connectivity index (χ1n) is 8.88. The van der Waals surface area contributed by atoms with Gasteiger partial charge in [-0.15, -0.1) is 0 Å². The molecule has 2 aromatic rings. The molecule has 27 heavy (non-hydrogen) atoms. The molecule has 0 spiro atoms. The summed E-state index contributed by atoms with van der Waals surface area (Å²) in [6.45, 7) is 5.98. The molecule has 0 bridgehead atoms. The van der Waals surface area contributed by atoms with Gasteiger partial charge in [-0.1, -0.05) is 0 Å². The van der Waals surface area contributed by atoms with Crippen molar-refractivity contribution in [2.75, 3.05) is 13.1 Å². The molecule has 4 rings (SSSR count). The summed E-state index contributed by atoms with van der Waals surface area (Å²) in [6.07, 6.45) is 2.18. The number of nitrogens with two attached hydrogens (primary N) is 1. The molecule has 0 saturated heterocycles. The summed E-state index contributed by atoms with van der Waals surface area (Å²) in [5.74, 6) is 0.921. The molecule has 0 unspecified atom stereocenters. The summed E-state index contributed by atoms with van der Waals surface area (Å²) in [7, 11) is 0. The van der Waals surface area contributed by atoms with Gasteiger partial charge in [0, 0.05) is 24.7 Å². The SMILES string of the molecule is CC(C)N1CC2=C(OC(N)=C(C#N)[C@H]2c2ccsc2)/C(=C\c2ccsc2)C1. The molecule has 0 aromatic carbocycles. The number of nitrogens with zero attached hydrogens (tertiary/aromatic N) is 2. The van der Waals surface area contributed by atoms with E-state index in [2.05, 4.69) is 59.2 Å². The fourth-order valence-electron chi connectivity index (χ4n) is 3.64. The summed E-state index contributed by atoms with van der Waals surface area (Å²) in [5.41, 5.74) is 11.2. The molecule has 2 N–H and O–H groups in total. The van der Waals surface area contributed by atoms with E-state index >= 15 is 0 Å². The maximum atomic E-state index is 9.76. The molecule has 4 heterocycles. The molecule has 138 valence electrons. The minimum atomic E-state index is -0.141. The lowest BCUT2D eigenvalue weighted by Gasteiger charge is -2.39. The highest BCUT2D eigenvalue weighted by Gasteiger charge is 2.38. The van der Waals surface area contributed by atoms with Crippen LogP contribution >= 0.6 is 22.7 Å². The fraction of sp³-hybridized carbons (Fsp3) is 0.286. The number of hydrogen-bond donors (Lipinski definition) is 1. The number of rotatable bonds is 3. The Morgan fingerprint density at radius 1 is 1.26 bits per heavy atom. The zero-order valence-electron chi connectivity index (χ0n) is 15.3. The van der Waals surface area contributed by atoms with Crippen molar-refractivity contribution in [3.63, 3.8) is 0 Å². The molecule has 4 nitrogen and oxygen atoms in total. The van der Waals surface area contributed by atoms with Crippen molar-refractivity contribution in [2.45, 2.75) is 25.8 Å².